The highest BCUT2D eigenvalue weighted by Gasteiger charge is 2.24. The molecule has 94 valence electrons. The molecule has 3 heteroatoms. The highest BCUT2D eigenvalue weighted by atomic mass is 35.5. The number of halogens is 1. The molecule has 0 spiro atoms. The fourth-order valence-electron chi connectivity index (χ4n) is 2.46. The van der Waals surface area contributed by atoms with Gasteiger partial charge >= 0.3 is 0 Å². The molecule has 0 amide bonds. The number of hydrogen-bond acceptors (Lipinski definition) is 2. The number of fused-ring (bicyclic) bond motifs is 1. The molecule has 0 fully saturated rings. The number of rotatable bonds is 2. The van der Waals surface area contributed by atoms with E-state index in [1.54, 1.807) is 18.2 Å². The van der Waals surface area contributed by atoms with Gasteiger partial charge in [-0.15, -0.1) is 0 Å². The van der Waals surface area contributed by atoms with Crippen molar-refractivity contribution in [1.82, 2.24) is 0 Å². The minimum absolute atomic E-state index is 0.0571. The Balaban J connectivity index is 1.86. The molecule has 0 unspecified atom stereocenters. The molecule has 2 aromatic carbocycles. The predicted octanol–water partition coefficient (Wildman–Crippen LogP) is 4.28. The van der Waals surface area contributed by atoms with Gasteiger partial charge in [-0.2, -0.15) is 5.26 Å². The van der Waals surface area contributed by atoms with Crippen LogP contribution in [0.2, 0.25) is 5.02 Å². The fourth-order valence-corrected chi connectivity index (χ4v) is 2.68. The summed E-state index contributed by atoms with van der Waals surface area (Å²) in [5.41, 5.74) is 3.13. The zero-order valence-corrected chi connectivity index (χ0v) is 11.0. The van der Waals surface area contributed by atoms with Gasteiger partial charge in [-0.3, -0.25) is 0 Å². The summed E-state index contributed by atoms with van der Waals surface area (Å²) in [6, 6.07) is 15.5. The molecule has 0 radical (unpaired) electrons. The van der Waals surface area contributed by atoms with Crippen LogP contribution in [0.15, 0.2) is 42.5 Å². The summed E-state index contributed by atoms with van der Waals surface area (Å²) in [5.74, 6) is 0.641. The number of benzene rings is 2. The Hall–Kier alpha value is -1.98. The van der Waals surface area contributed by atoms with Crippen LogP contribution >= 0.6 is 11.6 Å². The van der Waals surface area contributed by atoms with Crippen molar-refractivity contribution in [3.63, 3.8) is 0 Å². The van der Waals surface area contributed by atoms with Crippen LogP contribution in [0, 0.1) is 11.3 Å². The van der Waals surface area contributed by atoms with Gasteiger partial charge in [0.2, 0.25) is 0 Å². The second-order valence-electron chi connectivity index (χ2n) is 4.60. The third-order valence-electron chi connectivity index (χ3n) is 3.41. The Labute approximate surface area is 117 Å². The van der Waals surface area contributed by atoms with Crippen molar-refractivity contribution < 1.29 is 4.74 Å². The van der Waals surface area contributed by atoms with Crippen LogP contribution < -0.4 is 4.74 Å². The van der Waals surface area contributed by atoms with Gasteiger partial charge in [-0.1, -0.05) is 35.9 Å². The van der Waals surface area contributed by atoms with Gasteiger partial charge < -0.3 is 4.74 Å². The maximum Gasteiger partial charge on any atom is 0.138 e. The lowest BCUT2D eigenvalue weighted by molar-refractivity contribution is 0.208. The Morgan fingerprint density at radius 1 is 1.21 bits per heavy atom. The molecule has 1 aliphatic rings. The maximum atomic E-state index is 8.82. The third kappa shape index (κ3) is 2.30. The SMILES string of the molecule is N#Cc1ccc(O[C@H]2CCc3ccccc32)c(Cl)c1. The highest BCUT2D eigenvalue weighted by molar-refractivity contribution is 6.32. The lowest BCUT2D eigenvalue weighted by Crippen LogP contribution is -2.03. The van der Waals surface area contributed by atoms with Crippen molar-refractivity contribution in [2.45, 2.75) is 18.9 Å². The monoisotopic (exact) mass is 269 g/mol. The lowest BCUT2D eigenvalue weighted by Gasteiger charge is -2.16. The van der Waals surface area contributed by atoms with Gasteiger partial charge in [0.15, 0.2) is 0 Å². The lowest BCUT2D eigenvalue weighted by atomic mass is 10.1. The number of hydrogen-bond donors (Lipinski definition) is 0. The van der Waals surface area contributed by atoms with E-state index in [2.05, 4.69) is 24.3 Å². The molecule has 0 aliphatic heterocycles. The van der Waals surface area contributed by atoms with Crippen molar-refractivity contribution in [2.24, 2.45) is 0 Å². The molecular formula is C16H12ClNO. The number of nitriles is 1. The van der Waals surface area contributed by atoms with Gasteiger partial charge in [0.05, 0.1) is 16.7 Å². The van der Waals surface area contributed by atoms with Crippen LogP contribution in [0.1, 0.15) is 29.2 Å². The van der Waals surface area contributed by atoms with Gasteiger partial charge in [-0.25, -0.2) is 0 Å². The average molecular weight is 270 g/mol. The van der Waals surface area contributed by atoms with Crippen molar-refractivity contribution >= 4 is 11.6 Å². The molecule has 1 aliphatic carbocycles. The molecular weight excluding hydrogens is 258 g/mol. The van der Waals surface area contributed by atoms with Gasteiger partial charge in [0, 0.05) is 0 Å². The number of aryl methyl sites for hydroxylation is 1. The summed E-state index contributed by atoms with van der Waals surface area (Å²) in [4.78, 5) is 0. The van der Waals surface area contributed by atoms with Crippen molar-refractivity contribution in [3.05, 3.63) is 64.2 Å². The number of ether oxygens (including phenoxy) is 1. The summed E-state index contributed by atoms with van der Waals surface area (Å²) in [6.45, 7) is 0. The summed E-state index contributed by atoms with van der Waals surface area (Å²) in [5, 5.41) is 9.31. The first kappa shape index (κ1) is 12.1. The summed E-state index contributed by atoms with van der Waals surface area (Å²) < 4.78 is 5.99. The first-order valence-electron chi connectivity index (χ1n) is 6.22. The Bertz CT molecular complexity index is 660. The summed E-state index contributed by atoms with van der Waals surface area (Å²) >= 11 is 6.14. The molecule has 2 nitrogen and oxygen atoms in total. The standard InChI is InChI=1S/C16H12ClNO/c17-14-9-11(10-18)5-7-16(14)19-15-8-6-12-3-1-2-4-13(12)15/h1-5,7,9,15H,6,8H2/t15-/m0/s1. The molecule has 0 saturated heterocycles. The van der Waals surface area contributed by atoms with Crippen LogP contribution in [0.4, 0.5) is 0 Å². The maximum absolute atomic E-state index is 8.82. The van der Waals surface area contributed by atoms with Crippen molar-refractivity contribution in [3.8, 4) is 11.8 Å². The van der Waals surface area contributed by atoms with E-state index in [4.69, 9.17) is 21.6 Å². The van der Waals surface area contributed by atoms with Crippen LogP contribution in [-0.4, -0.2) is 0 Å². The van der Waals surface area contributed by atoms with E-state index in [0.717, 1.165) is 12.8 Å². The van der Waals surface area contributed by atoms with E-state index in [1.807, 2.05) is 6.07 Å². The molecule has 0 bridgehead atoms. The molecule has 2 aromatic rings. The zero-order valence-electron chi connectivity index (χ0n) is 10.3. The first-order chi connectivity index (χ1) is 9.28. The Morgan fingerprint density at radius 2 is 2.05 bits per heavy atom. The van der Waals surface area contributed by atoms with E-state index >= 15 is 0 Å². The second-order valence-corrected chi connectivity index (χ2v) is 5.01. The van der Waals surface area contributed by atoms with E-state index in [0.29, 0.717) is 16.3 Å². The minimum Gasteiger partial charge on any atom is -0.484 e. The second kappa shape index (κ2) is 4.95. The van der Waals surface area contributed by atoms with Gasteiger partial charge in [-0.05, 0) is 42.2 Å². The van der Waals surface area contributed by atoms with E-state index < -0.39 is 0 Å². The van der Waals surface area contributed by atoms with Crippen LogP contribution in [-0.2, 0) is 6.42 Å². The molecule has 19 heavy (non-hydrogen) atoms. The van der Waals surface area contributed by atoms with E-state index in [1.165, 1.54) is 11.1 Å². The zero-order chi connectivity index (χ0) is 13.2. The Morgan fingerprint density at radius 3 is 2.84 bits per heavy atom. The Kier molecular flexibility index (Phi) is 3.15. The molecule has 0 heterocycles. The molecule has 1 atom stereocenters. The van der Waals surface area contributed by atoms with Crippen LogP contribution in [0.25, 0.3) is 0 Å². The van der Waals surface area contributed by atoms with E-state index in [9.17, 15) is 0 Å². The van der Waals surface area contributed by atoms with Crippen LogP contribution in [0.3, 0.4) is 0 Å². The summed E-state index contributed by atoms with van der Waals surface area (Å²) in [6.07, 6.45) is 2.06. The fraction of sp³-hybridized carbons (Fsp3) is 0.188. The molecule has 0 N–H and O–H groups in total. The largest absolute Gasteiger partial charge is 0.484 e. The van der Waals surface area contributed by atoms with Gasteiger partial charge in [0.1, 0.15) is 11.9 Å². The summed E-state index contributed by atoms with van der Waals surface area (Å²) in [7, 11) is 0. The van der Waals surface area contributed by atoms with Crippen LogP contribution in [0.5, 0.6) is 5.75 Å². The quantitative estimate of drug-likeness (QED) is 0.815. The molecule has 3 rings (SSSR count). The third-order valence-corrected chi connectivity index (χ3v) is 3.70. The number of nitrogens with zero attached hydrogens (tertiary/aromatic N) is 1. The smallest absolute Gasteiger partial charge is 0.138 e. The van der Waals surface area contributed by atoms with Gasteiger partial charge in [0.25, 0.3) is 0 Å². The average Bonchev–Trinajstić information content (AvgIpc) is 2.84. The van der Waals surface area contributed by atoms with E-state index in [-0.39, 0.29) is 6.10 Å². The minimum atomic E-state index is 0.0571. The molecule has 0 saturated carbocycles. The normalized spacial score (nSPS) is 16.7. The highest BCUT2D eigenvalue weighted by Crippen LogP contribution is 2.37. The predicted molar refractivity (Wildman–Crippen MR) is 74.3 cm³/mol. The first-order valence-corrected chi connectivity index (χ1v) is 6.60. The topological polar surface area (TPSA) is 33.0 Å². The molecule has 0 aromatic heterocycles. The van der Waals surface area contributed by atoms with Crippen molar-refractivity contribution in [1.29, 1.82) is 5.26 Å². The van der Waals surface area contributed by atoms with Crippen molar-refractivity contribution in [2.75, 3.05) is 0 Å².